The van der Waals surface area contributed by atoms with E-state index >= 15 is 0 Å². The van der Waals surface area contributed by atoms with Crippen molar-refractivity contribution in [2.45, 2.75) is 116 Å². The van der Waals surface area contributed by atoms with E-state index in [0.29, 0.717) is 26.1 Å². The molecule has 7 heteroatoms. The molecule has 0 aliphatic carbocycles. The van der Waals surface area contributed by atoms with Gasteiger partial charge in [-0.3, -0.25) is 9.59 Å². The monoisotopic (exact) mass is 545 g/mol. The smallest absolute Gasteiger partial charge is 0.305 e. The van der Waals surface area contributed by atoms with Crippen LogP contribution in [0.5, 0.6) is 0 Å². The average Bonchev–Trinajstić information content (AvgIpc) is 3.18. The maximum Gasteiger partial charge on any atom is 0.305 e. The predicted octanol–water partition coefficient (Wildman–Crippen LogP) is 6.83. The van der Waals surface area contributed by atoms with E-state index in [-0.39, 0.29) is 29.1 Å². The highest BCUT2D eigenvalue weighted by Gasteiger charge is 2.39. The van der Waals surface area contributed by atoms with E-state index in [9.17, 15) is 9.59 Å². The summed E-state index contributed by atoms with van der Waals surface area (Å²) >= 11 is 0. The van der Waals surface area contributed by atoms with Crippen LogP contribution in [0.15, 0.2) is 36.4 Å². The van der Waals surface area contributed by atoms with Gasteiger partial charge in [0.1, 0.15) is 0 Å². The van der Waals surface area contributed by atoms with Crippen LogP contribution < -0.4 is 0 Å². The molecule has 0 saturated carbocycles. The van der Waals surface area contributed by atoms with E-state index in [2.05, 4.69) is 70.3 Å². The van der Waals surface area contributed by atoms with Crippen molar-refractivity contribution in [1.82, 2.24) is 4.90 Å². The van der Waals surface area contributed by atoms with Crippen LogP contribution >= 0.6 is 0 Å². The van der Waals surface area contributed by atoms with Gasteiger partial charge in [0, 0.05) is 32.9 Å². The zero-order chi connectivity index (χ0) is 28.2. The highest BCUT2D eigenvalue weighted by atomic mass is 28.4. The van der Waals surface area contributed by atoms with Gasteiger partial charge in [0.05, 0.1) is 25.4 Å². The number of benzene rings is 1. The van der Waals surface area contributed by atoms with Crippen molar-refractivity contribution in [3.8, 4) is 0 Å². The lowest BCUT2D eigenvalue weighted by Crippen LogP contribution is -2.44. The van der Waals surface area contributed by atoms with Gasteiger partial charge in [-0.05, 0) is 55.4 Å². The van der Waals surface area contributed by atoms with Crippen molar-refractivity contribution in [3.63, 3.8) is 0 Å². The number of hydrogen-bond acceptors (Lipinski definition) is 5. The van der Waals surface area contributed by atoms with Crippen LogP contribution in [0.3, 0.4) is 0 Å². The Kier molecular flexibility index (Phi) is 13.2. The van der Waals surface area contributed by atoms with Gasteiger partial charge >= 0.3 is 5.97 Å². The number of esters is 1. The number of hydrogen-bond donors (Lipinski definition) is 0. The maximum atomic E-state index is 12.7. The Morgan fingerprint density at radius 3 is 2.55 bits per heavy atom. The summed E-state index contributed by atoms with van der Waals surface area (Å²) in [6, 6.07) is 8.65. The molecule has 2 atom stereocenters. The number of amides is 1. The first-order valence-electron chi connectivity index (χ1n) is 14.3. The second kappa shape index (κ2) is 15.6. The summed E-state index contributed by atoms with van der Waals surface area (Å²) < 4.78 is 17.2. The molecular formula is C31H51NO5Si. The molecule has 1 amide bonds. The number of ether oxygens (including phenoxy) is 2. The highest BCUT2D eigenvalue weighted by Crippen LogP contribution is 2.38. The largest absolute Gasteiger partial charge is 0.466 e. The zero-order valence-corrected chi connectivity index (χ0v) is 25.9. The Morgan fingerprint density at radius 1 is 1.16 bits per heavy atom. The van der Waals surface area contributed by atoms with Crippen LogP contribution in [0.1, 0.15) is 83.8 Å². The van der Waals surface area contributed by atoms with Gasteiger partial charge < -0.3 is 18.8 Å². The molecule has 2 rings (SSSR count). The van der Waals surface area contributed by atoms with Crippen LogP contribution in [0.25, 0.3) is 0 Å². The molecule has 0 spiro atoms. The van der Waals surface area contributed by atoms with E-state index in [4.69, 9.17) is 13.9 Å². The SMILES string of the molecule is CCOC(=O)CCCCCCN1C(=O)CC[C@@H]1C=C[C@H](Cc1cccc(COC)c1)O[Si](C)(C)C(C)(C)C. The lowest BCUT2D eigenvalue weighted by Gasteiger charge is -2.39. The Balaban J connectivity index is 2.03. The maximum absolute atomic E-state index is 12.7. The zero-order valence-electron chi connectivity index (χ0n) is 24.9. The minimum absolute atomic E-state index is 0.0471. The quantitative estimate of drug-likeness (QED) is 0.0986. The predicted molar refractivity (Wildman–Crippen MR) is 157 cm³/mol. The van der Waals surface area contributed by atoms with Crippen molar-refractivity contribution >= 4 is 20.2 Å². The van der Waals surface area contributed by atoms with E-state index in [1.54, 1.807) is 7.11 Å². The number of carbonyl (C=O) groups excluding carboxylic acids is 2. The summed E-state index contributed by atoms with van der Waals surface area (Å²) in [7, 11) is -0.276. The fourth-order valence-electron chi connectivity index (χ4n) is 4.59. The molecule has 0 aromatic heterocycles. The number of likely N-dealkylation sites (tertiary alicyclic amines) is 1. The van der Waals surface area contributed by atoms with Crippen LogP contribution in [0, 0.1) is 0 Å². The summed E-state index contributed by atoms with van der Waals surface area (Å²) in [5.74, 6) is 0.118. The summed E-state index contributed by atoms with van der Waals surface area (Å²) in [6.07, 6.45) is 10.9. The van der Waals surface area contributed by atoms with E-state index < -0.39 is 8.32 Å². The van der Waals surface area contributed by atoms with Crippen molar-refractivity contribution in [1.29, 1.82) is 0 Å². The lowest BCUT2D eigenvalue weighted by atomic mass is 10.0. The van der Waals surface area contributed by atoms with Crippen molar-refractivity contribution in [2.24, 2.45) is 0 Å². The minimum Gasteiger partial charge on any atom is -0.466 e. The van der Waals surface area contributed by atoms with E-state index in [1.807, 2.05) is 11.8 Å². The molecule has 1 aromatic carbocycles. The average molecular weight is 546 g/mol. The molecule has 1 aliphatic rings. The lowest BCUT2D eigenvalue weighted by molar-refractivity contribution is -0.143. The van der Waals surface area contributed by atoms with Crippen LogP contribution in [-0.2, 0) is 36.5 Å². The first-order chi connectivity index (χ1) is 18.0. The van der Waals surface area contributed by atoms with Gasteiger partial charge in [-0.1, -0.05) is 70.0 Å². The van der Waals surface area contributed by atoms with Gasteiger partial charge in [-0.25, -0.2) is 0 Å². The third-order valence-electron chi connectivity index (χ3n) is 7.75. The molecule has 1 heterocycles. The second-order valence-electron chi connectivity index (χ2n) is 11.9. The van der Waals surface area contributed by atoms with Crippen LogP contribution in [0.4, 0.5) is 0 Å². The van der Waals surface area contributed by atoms with Crippen molar-refractivity contribution < 1.29 is 23.5 Å². The second-order valence-corrected chi connectivity index (χ2v) is 16.7. The fourth-order valence-corrected chi connectivity index (χ4v) is 5.86. The minimum atomic E-state index is -1.99. The van der Waals surface area contributed by atoms with Crippen molar-refractivity contribution in [2.75, 3.05) is 20.3 Å². The van der Waals surface area contributed by atoms with Crippen LogP contribution in [-0.4, -0.2) is 57.5 Å². The Labute approximate surface area is 232 Å². The molecule has 0 radical (unpaired) electrons. The third kappa shape index (κ3) is 10.7. The van der Waals surface area contributed by atoms with Crippen molar-refractivity contribution in [3.05, 3.63) is 47.5 Å². The molecule has 38 heavy (non-hydrogen) atoms. The first-order valence-corrected chi connectivity index (χ1v) is 17.3. The van der Waals surface area contributed by atoms with E-state index in [1.165, 1.54) is 5.56 Å². The highest BCUT2D eigenvalue weighted by molar-refractivity contribution is 6.74. The number of methoxy groups -OCH3 is 1. The molecule has 214 valence electrons. The normalized spacial score (nSPS) is 17.4. The standard InChI is InChI=1S/C31H51NO5Si/c1-8-36-30(34)16-11-9-10-12-21-32-27(18-20-29(32)33)17-19-28(37-38(6,7)31(2,3)4)23-25-14-13-15-26(22-25)24-35-5/h13-15,17,19,22,27-28H,8-12,16,18,20-21,23-24H2,1-7H3/t27-,28+/m0/s1. The van der Waals surface area contributed by atoms with Crippen LogP contribution in [0.2, 0.25) is 18.1 Å². The molecule has 0 N–H and O–H groups in total. The molecule has 1 aromatic rings. The Hall–Kier alpha value is -1.96. The number of unbranched alkanes of at least 4 members (excludes halogenated alkanes) is 3. The van der Waals surface area contributed by atoms with Gasteiger partial charge in [-0.15, -0.1) is 0 Å². The Morgan fingerprint density at radius 2 is 1.87 bits per heavy atom. The molecular weight excluding hydrogens is 494 g/mol. The molecule has 6 nitrogen and oxygen atoms in total. The molecule has 0 unspecified atom stereocenters. The Bertz CT molecular complexity index is 908. The molecule has 1 saturated heterocycles. The summed E-state index contributed by atoms with van der Waals surface area (Å²) in [4.78, 5) is 26.2. The topological polar surface area (TPSA) is 65.1 Å². The molecule has 1 fully saturated rings. The third-order valence-corrected chi connectivity index (χ3v) is 12.3. The fraction of sp³-hybridized carbons (Fsp3) is 0.677. The molecule has 0 bridgehead atoms. The summed E-state index contributed by atoms with van der Waals surface area (Å²) in [5, 5.41) is 0.111. The first kappa shape index (κ1) is 32.2. The van der Waals surface area contributed by atoms with Gasteiger partial charge in [0.25, 0.3) is 0 Å². The number of rotatable bonds is 16. The van der Waals surface area contributed by atoms with E-state index in [0.717, 1.165) is 50.6 Å². The number of carbonyl (C=O) groups is 2. The molecule has 1 aliphatic heterocycles. The summed E-state index contributed by atoms with van der Waals surface area (Å²) in [6.45, 7) is 15.0. The van der Waals surface area contributed by atoms with Gasteiger partial charge in [0.2, 0.25) is 5.91 Å². The van der Waals surface area contributed by atoms with Gasteiger partial charge in [0.15, 0.2) is 8.32 Å². The van der Waals surface area contributed by atoms with Gasteiger partial charge in [-0.2, -0.15) is 0 Å². The summed E-state index contributed by atoms with van der Waals surface area (Å²) in [5.41, 5.74) is 2.39. The number of nitrogens with zero attached hydrogens (tertiary/aromatic N) is 1.